The van der Waals surface area contributed by atoms with Gasteiger partial charge in [-0.3, -0.25) is 0 Å². The van der Waals surface area contributed by atoms with Gasteiger partial charge in [-0.25, -0.2) is 0 Å². The summed E-state index contributed by atoms with van der Waals surface area (Å²) < 4.78 is 0. The Hall–Kier alpha value is -0.680. The number of rotatable bonds is 0. The Bertz CT molecular complexity index is 63.7. The van der Waals surface area contributed by atoms with Crippen molar-refractivity contribution in [2.75, 3.05) is 0 Å². The molecule has 0 aliphatic heterocycles. The number of hydrogen-bond donors (Lipinski definition) is 1. The highest BCUT2D eigenvalue weighted by atomic mass is 14.5. The van der Waals surface area contributed by atoms with Crippen molar-refractivity contribution < 1.29 is 0 Å². The monoisotopic (exact) mass is 69.1 g/mol. The van der Waals surface area contributed by atoms with Crippen LogP contribution in [-0.2, 0) is 0 Å². The van der Waals surface area contributed by atoms with E-state index < -0.39 is 0 Å². The fraction of sp³-hybridized carbons (Fsp3) is 0.250. The second kappa shape index (κ2) is 1.62. The van der Waals surface area contributed by atoms with E-state index in [2.05, 4.69) is 12.3 Å². The minimum absolute atomic E-state index is 0.644. The third-order valence-electron chi connectivity index (χ3n) is 0.279. The van der Waals surface area contributed by atoms with Crippen LogP contribution in [0.15, 0.2) is 18.0 Å². The number of allylic oxidation sites excluding steroid dienone is 1. The van der Waals surface area contributed by atoms with E-state index in [0.29, 0.717) is 5.70 Å². The van der Waals surface area contributed by atoms with Gasteiger partial charge in [-0.1, -0.05) is 6.58 Å². The molecule has 0 aliphatic rings. The SMILES string of the molecule is C=C=C(C)N. The quantitative estimate of drug-likeness (QED) is 0.415. The maximum atomic E-state index is 5.03. The third kappa shape index (κ3) is 3.32. The molecule has 0 bridgehead atoms. The van der Waals surface area contributed by atoms with Crippen LogP contribution in [0.3, 0.4) is 0 Å². The summed E-state index contributed by atoms with van der Waals surface area (Å²) in [6.07, 6.45) is 0. The maximum Gasteiger partial charge on any atom is 0.0474 e. The van der Waals surface area contributed by atoms with E-state index in [1.54, 1.807) is 6.92 Å². The summed E-state index contributed by atoms with van der Waals surface area (Å²) in [4.78, 5) is 0. The van der Waals surface area contributed by atoms with Crippen molar-refractivity contribution in [2.45, 2.75) is 6.92 Å². The fourth-order valence-electron chi connectivity index (χ4n) is 0. The highest BCUT2D eigenvalue weighted by molar-refractivity contribution is 4.85. The lowest BCUT2D eigenvalue weighted by atomic mass is 10.6. The molecule has 0 aliphatic carbocycles. The number of hydrogen-bond acceptors (Lipinski definition) is 1. The maximum absolute atomic E-state index is 5.03. The Balaban J connectivity index is 3.60. The molecule has 0 amide bonds. The van der Waals surface area contributed by atoms with Crippen molar-refractivity contribution >= 4 is 0 Å². The molecule has 0 saturated heterocycles. The largest absolute Gasteiger partial charge is 0.396 e. The first-order valence-electron chi connectivity index (χ1n) is 1.39. The first-order chi connectivity index (χ1) is 2.27. The molecular formula is C4H7N. The van der Waals surface area contributed by atoms with E-state index >= 15 is 0 Å². The summed E-state index contributed by atoms with van der Waals surface area (Å²) in [5, 5.41) is 0. The van der Waals surface area contributed by atoms with Crippen LogP contribution in [0.5, 0.6) is 0 Å². The fourth-order valence-corrected chi connectivity index (χ4v) is 0. The zero-order valence-electron chi connectivity index (χ0n) is 3.28. The van der Waals surface area contributed by atoms with Crippen LogP contribution in [0, 0.1) is 0 Å². The summed E-state index contributed by atoms with van der Waals surface area (Å²) >= 11 is 0. The van der Waals surface area contributed by atoms with E-state index in [1.165, 1.54) is 0 Å². The molecule has 0 unspecified atom stereocenters. The average Bonchev–Trinajstić information content (AvgIpc) is 1.38. The van der Waals surface area contributed by atoms with Gasteiger partial charge in [-0.15, -0.1) is 5.73 Å². The van der Waals surface area contributed by atoms with E-state index in [9.17, 15) is 0 Å². The summed E-state index contributed by atoms with van der Waals surface area (Å²) in [5.74, 6) is 0. The topological polar surface area (TPSA) is 26.0 Å². The first-order valence-corrected chi connectivity index (χ1v) is 1.39. The molecular weight excluding hydrogens is 62.1 g/mol. The van der Waals surface area contributed by atoms with E-state index in [0.717, 1.165) is 0 Å². The van der Waals surface area contributed by atoms with Gasteiger partial charge in [-0.05, 0) is 6.92 Å². The van der Waals surface area contributed by atoms with Crippen LogP contribution >= 0.6 is 0 Å². The van der Waals surface area contributed by atoms with Crippen LogP contribution in [0.1, 0.15) is 6.92 Å². The minimum atomic E-state index is 0.644. The normalized spacial score (nSPS) is 5.80. The summed E-state index contributed by atoms with van der Waals surface area (Å²) in [5.41, 5.74) is 8.15. The smallest absolute Gasteiger partial charge is 0.0474 e. The Morgan fingerprint density at radius 3 is 2.20 bits per heavy atom. The molecule has 28 valence electrons. The van der Waals surface area contributed by atoms with Crippen molar-refractivity contribution in [2.24, 2.45) is 5.73 Å². The van der Waals surface area contributed by atoms with Gasteiger partial charge >= 0.3 is 0 Å². The van der Waals surface area contributed by atoms with Gasteiger partial charge in [0, 0.05) is 5.70 Å². The number of nitrogens with two attached hydrogens (primary N) is 1. The van der Waals surface area contributed by atoms with Gasteiger partial charge in [0.2, 0.25) is 0 Å². The van der Waals surface area contributed by atoms with Crippen LogP contribution in [0.4, 0.5) is 0 Å². The Morgan fingerprint density at radius 2 is 2.20 bits per heavy atom. The summed E-state index contributed by atoms with van der Waals surface area (Å²) in [7, 11) is 0. The molecule has 5 heavy (non-hydrogen) atoms. The molecule has 0 heterocycles. The highest BCUT2D eigenvalue weighted by Gasteiger charge is 1.56. The van der Waals surface area contributed by atoms with E-state index in [1.807, 2.05) is 0 Å². The molecule has 1 heteroatoms. The van der Waals surface area contributed by atoms with Gasteiger partial charge in [0.1, 0.15) is 0 Å². The van der Waals surface area contributed by atoms with Gasteiger partial charge in [0.15, 0.2) is 0 Å². The molecule has 0 fully saturated rings. The minimum Gasteiger partial charge on any atom is -0.396 e. The van der Waals surface area contributed by atoms with Gasteiger partial charge < -0.3 is 5.73 Å². The predicted molar refractivity (Wildman–Crippen MR) is 22.5 cm³/mol. The summed E-state index contributed by atoms with van der Waals surface area (Å²) in [6.45, 7) is 5.02. The molecule has 0 rings (SSSR count). The van der Waals surface area contributed by atoms with Crippen LogP contribution in [0.25, 0.3) is 0 Å². The Labute approximate surface area is 31.8 Å². The predicted octanol–water partition coefficient (Wildman–Crippen LogP) is 0.634. The third-order valence-corrected chi connectivity index (χ3v) is 0.279. The van der Waals surface area contributed by atoms with Crippen molar-refractivity contribution in [1.82, 2.24) is 0 Å². The second-order valence-electron chi connectivity index (χ2n) is 0.860. The van der Waals surface area contributed by atoms with Crippen molar-refractivity contribution in [3.8, 4) is 0 Å². The van der Waals surface area contributed by atoms with E-state index in [4.69, 9.17) is 5.73 Å². The average molecular weight is 69.1 g/mol. The van der Waals surface area contributed by atoms with Gasteiger partial charge in [-0.2, -0.15) is 0 Å². The van der Waals surface area contributed by atoms with Crippen molar-refractivity contribution in [3.05, 3.63) is 18.0 Å². The summed E-state index contributed by atoms with van der Waals surface area (Å²) in [6, 6.07) is 0. The second-order valence-corrected chi connectivity index (χ2v) is 0.860. The van der Waals surface area contributed by atoms with Crippen molar-refractivity contribution in [3.63, 3.8) is 0 Å². The molecule has 0 radical (unpaired) electrons. The standard InChI is InChI=1S/C4H7N/c1-3-4(2)5/h1,5H2,2H3. The lowest BCUT2D eigenvalue weighted by Crippen LogP contribution is -1.84. The molecule has 0 aromatic rings. The lowest BCUT2D eigenvalue weighted by molar-refractivity contribution is 1.33. The molecule has 1 nitrogen and oxygen atoms in total. The van der Waals surface area contributed by atoms with Crippen molar-refractivity contribution in [1.29, 1.82) is 0 Å². The molecule has 0 saturated carbocycles. The van der Waals surface area contributed by atoms with Crippen LogP contribution < -0.4 is 5.73 Å². The van der Waals surface area contributed by atoms with Gasteiger partial charge in [0.05, 0.1) is 0 Å². The molecule has 0 aromatic carbocycles. The van der Waals surface area contributed by atoms with Gasteiger partial charge in [0.25, 0.3) is 0 Å². The van der Waals surface area contributed by atoms with E-state index in [-0.39, 0.29) is 0 Å². The first kappa shape index (κ1) is 4.32. The zero-order chi connectivity index (χ0) is 4.28. The van der Waals surface area contributed by atoms with Crippen LogP contribution in [0.2, 0.25) is 0 Å². The molecule has 0 spiro atoms. The molecule has 0 atom stereocenters. The van der Waals surface area contributed by atoms with Crippen LogP contribution in [-0.4, -0.2) is 0 Å². The highest BCUT2D eigenvalue weighted by Crippen LogP contribution is 1.64. The Morgan fingerprint density at radius 1 is 2.00 bits per heavy atom. The Kier molecular flexibility index (Phi) is 1.40. The molecule has 2 N–H and O–H groups in total. The molecule has 0 aromatic heterocycles. The zero-order valence-corrected chi connectivity index (χ0v) is 3.28. The lowest BCUT2D eigenvalue weighted by Gasteiger charge is -1.70.